The lowest BCUT2D eigenvalue weighted by molar-refractivity contribution is 0.290. The average Bonchev–Trinajstić information content (AvgIpc) is 2.47. The molecule has 20 heavy (non-hydrogen) atoms. The number of hydrogen-bond acceptors (Lipinski definition) is 3. The first kappa shape index (κ1) is 15.8. The number of nitrogens with one attached hydrogen (secondary N) is 1. The second-order valence-corrected chi connectivity index (χ2v) is 6.38. The van der Waals surface area contributed by atoms with Gasteiger partial charge in [-0.3, -0.25) is 0 Å². The molecule has 2 rings (SSSR count). The highest BCUT2D eigenvalue weighted by Gasteiger charge is 2.22. The van der Waals surface area contributed by atoms with Crippen molar-refractivity contribution in [3.63, 3.8) is 0 Å². The molecule has 1 saturated carbocycles. The Morgan fingerprint density at radius 1 is 1.30 bits per heavy atom. The van der Waals surface area contributed by atoms with Crippen LogP contribution in [0.5, 0.6) is 0 Å². The van der Waals surface area contributed by atoms with Crippen LogP contribution in [-0.2, 0) is 6.54 Å². The van der Waals surface area contributed by atoms with Crippen LogP contribution in [0.15, 0.2) is 22.7 Å². The summed E-state index contributed by atoms with van der Waals surface area (Å²) in [6.45, 7) is 1.80. The predicted octanol–water partition coefficient (Wildman–Crippen LogP) is 3.30. The zero-order valence-electron chi connectivity index (χ0n) is 12.2. The van der Waals surface area contributed by atoms with Gasteiger partial charge < -0.3 is 15.3 Å². The van der Waals surface area contributed by atoms with E-state index in [0.29, 0.717) is 12.6 Å². The lowest BCUT2D eigenvalue weighted by Gasteiger charge is -2.36. The summed E-state index contributed by atoms with van der Waals surface area (Å²) in [6, 6.07) is 7.10. The first-order valence-electron chi connectivity index (χ1n) is 7.56. The normalized spacial score (nSPS) is 16.4. The van der Waals surface area contributed by atoms with Crippen molar-refractivity contribution < 1.29 is 5.11 Å². The van der Waals surface area contributed by atoms with Crippen LogP contribution in [0.3, 0.4) is 0 Å². The molecule has 1 fully saturated rings. The second kappa shape index (κ2) is 8.01. The summed E-state index contributed by atoms with van der Waals surface area (Å²) in [5.41, 5.74) is 2.49. The molecule has 112 valence electrons. The fourth-order valence-electron chi connectivity index (χ4n) is 3.10. The molecule has 0 spiro atoms. The number of halogens is 1. The van der Waals surface area contributed by atoms with E-state index in [9.17, 15) is 5.11 Å². The molecule has 1 aromatic carbocycles. The number of hydrogen-bond donors (Lipinski definition) is 2. The molecule has 0 aliphatic heterocycles. The van der Waals surface area contributed by atoms with Crippen LogP contribution < -0.4 is 10.2 Å². The van der Waals surface area contributed by atoms with Crippen LogP contribution in [0.2, 0.25) is 0 Å². The standard InChI is InChI=1S/C16H25BrN2O/c1-18-12-13-7-8-16(15(17)11-13)19(9-10-20)14-5-3-2-4-6-14/h7-8,11,14,18,20H,2-6,9-10,12H2,1H3. The van der Waals surface area contributed by atoms with E-state index in [1.807, 2.05) is 7.05 Å². The fourth-order valence-corrected chi connectivity index (χ4v) is 3.75. The van der Waals surface area contributed by atoms with Crippen molar-refractivity contribution in [2.75, 3.05) is 25.1 Å². The van der Waals surface area contributed by atoms with E-state index in [2.05, 4.69) is 44.3 Å². The lowest BCUT2D eigenvalue weighted by atomic mass is 9.93. The van der Waals surface area contributed by atoms with Gasteiger partial charge in [-0.2, -0.15) is 0 Å². The quantitative estimate of drug-likeness (QED) is 0.833. The van der Waals surface area contributed by atoms with Crippen molar-refractivity contribution in [1.29, 1.82) is 0 Å². The van der Waals surface area contributed by atoms with Gasteiger partial charge in [-0.25, -0.2) is 0 Å². The van der Waals surface area contributed by atoms with Gasteiger partial charge in [0.2, 0.25) is 0 Å². The first-order valence-corrected chi connectivity index (χ1v) is 8.36. The van der Waals surface area contributed by atoms with Gasteiger partial charge in [0.25, 0.3) is 0 Å². The van der Waals surface area contributed by atoms with Gasteiger partial charge in [0, 0.05) is 23.6 Å². The summed E-state index contributed by atoms with van der Waals surface area (Å²) in [5.74, 6) is 0. The van der Waals surface area contributed by atoms with Gasteiger partial charge in [-0.05, 0) is 53.5 Å². The van der Waals surface area contributed by atoms with Gasteiger partial charge in [-0.1, -0.05) is 25.3 Å². The van der Waals surface area contributed by atoms with Crippen molar-refractivity contribution >= 4 is 21.6 Å². The Balaban J connectivity index is 2.19. The lowest BCUT2D eigenvalue weighted by Crippen LogP contribution is -2.39. The molecule has 0 saturated heterocycles. The third kappa shape index (κ3) is 3.96. The second-order valence-electron chi connectivity index (χ2n) is 5.52. The van der Waals surface area contributed by atoms with E-state index in [1.165, 1.54) is 43.4 Å². The molecule has 0 aromatic heterocycles. The highest BCUT2D eigenvalue weighted by molar-refractivity contribution is 9.10. The Morgan fingerprint density at radius 2 is 2.05 bits per heavy atom. The summed E-state index contributed by atoms with van der Waals surface area (Å²) in [6.07, 6.45) is 6.45. The topological polar surface area (TPSA) is 35.5 Å². The maximum Gasteiger partial charge on any atom is 0.0606 e. The molecule has 4 heteroatoms. The fraction of sp³-hybridized carbons (Fsp3) is 0.625. The van der Waals surface area contributed by atoms with Gasteiger partial charge in [0.05, 0.1) is 12.3 Å². The molecule has 0 heterocycles. The molecule has 0 bridgehead atoms. The zero-order chi connectivity index (χ0) is 14.4. The summed E-state index contributed by atoms with van der Waals surface area (Å²) >= 11 is 3.70. The van der Waals surface area contributed by atoms with E-state index in [4.69, 9.17) is 0 Å². The van der Waals surface area contributed by atoms with E-state index >= 15 is 0 Å². The Kier molecular flexibility index (Phi) is 6.33. The summed E-state index contributed by atoms with van der Waals surface area (Å²) in [7, 11) is 1.96. The number of aliphatic hydroxyl groups excluding tert-OH is 1. The number of benzene rings is 1. The summed E-state index contributed by atoms with van der Waals surface area (Å²) < 4.78 is 1.13. The molecule has 2 N–H and O–H groups in total. The van der Waals surface area contributed by atoms with Crippen LogP contribution >= 0.6 is 15.9 Å². The van der Waals surface area contributed by atoms with Crippen molar-refractivity contribution in [3.8, 4) is 0 Å². The minimum absolute atomic E-state index is 0.210. The number of rotatable bonds is 6. The molecule has 1 aromatic rings. The smallest absolute Gasteiger partial charge is 0.0606 e. The zero-order valence-corrected chi connectivity index (χ0v) is 13.8. The SMILES string of the molecule is CNCc1ccc(N(CCO)C2CCCCC2)c(Br)c1. The molecule has 1 aliphatic rings. The molecular formula is C16H25BrN2O. The predicted molar refractivity (Wildman–Crippen MR) is 88.2 cm³/mol. The van der Waals surface area contributed by atoms with Crippen molar-refractivity contribution in [1.82, 2.24) is 5.32 Å². The van der Waals surface area contributed by atoms with Crippen molar-refractivity contribution in [2.45, 2.75) is 44.7 Å². The first-order chi connectivity index (χ1) is 9.76. The van der Waals surface area contributed by atoms with Gasteiger partial charge in [0.1, 0.15) is 0 Å². The average molecular weight is 341 g/mol. The van der Waals surface area contributed by atoms with Crippen molar-refractivity contribution in [2.24, 2.45) is 0 Å². The Hall–Kier alpha value is -0.580. The minimum atomic E-state index is 0.210. The maximum atomic E-state index is 9.39. The maximum absolute atomic E-state index is 9.39. The summed E-state index contributed by atoms with van der Waals surface area (Å²) in [5, 5.41) is 12.6. The minimum Gasteiger partial charge on any atom is -0.395 e. The number of anilines is 1. The Bertz CT molecular complexity index is 419. The van der Waals surface area contributed by atoms with E-state index in [0.717, 1.165) is 11.0 Å². The van der Waals surface area contributed by atoms with E-state index in [1.54, 1.807) is 0 Å². The Morgan fingerprint density at radius 3 is 2.65 bits per heavy atom. The molecule has 0 amide bonds. The molecule has 3 nitrogen and oxygen atoms in total. The molecular weight excluding hydrogens is 316 g/mol. The summed E-state index contributed by atoms with van der Waals surface area (Å²) in [4.78, 5) is 2.38. The van der Waals surface area contributed by atoms with Crippen LogP contribution in [0.25, 0.3) is 0 Å². The van der Waals surface area contributed by atoms with Crippen LogP contribution in [0, 0.1) is 0 Å². The van der Waals surface area contributed by atoms with Crippen molar-refractivity contribution in [3.05, 3.63) is 28.2 Å². The molecule has 0 atom stereocenters. The van der Waals surface area contributed by atoms with Gasteiger partial charge in [-0.15, -0.1) is 0 Å². The number of nitrogens with zero attached hydrogens (tertiary/aromatic N) is 1. The van der Waals surface area contributed by atoms with E-state index in [-0.39, 0.29) is 6.61 Å². The van der Waals surface area contributed by atoms with Crippen LogP contribution in [0.4, 0.5) is 5.69 Å². The highest BCUT2D eigenvalue weighted by Crippen LogP contribution is 2.33. The van der Waals surface area contributed by atoms with Crippen LogP contribution in [-0.4, -0.2) is 31.3 Å². The third-order valence-electron chi connectivity index (χ3n) is 4.06. The Labute approximate surface area is 130 Å². The molecule has 1 aliphatic carbocycles. The van der Waals surface area contributed by atoms with Crippen LogP contribution in [0.1, 0.15) is 37.7 Å². The monoisotopic (exact) mass is 340 g/mol. The van der Waals surface area contributed by atoms with Gasteiger partial charge >= 0.3 is 0 Å². The van der Waals surface area contributed by atoms with Gasteiger partial charge in [0.15, 0.2) is 0 Å². The van der Waals surface area contributed by atoms with E-state index < -0.39 is 0 Å². The highest BCUT2D eigenvalue weighted by atomic mass is 79.9. The number of aliphatic hydroxyl groups is 1. The molecule has 0 radical (unpaired) electrons. The third-order valence-corrected chi connectivity index (χ3v) is 4.69. The molecule has 0 unspecified atom stereocenters. The largest absolute Gasteiger partial charge is 0.395 e.